The molecule has 0 radical (unpaired) electrons. The summed E-state index contributed by atoms with van der Waals surface area (Å²) >= 11 is 0. The molecule has 0 fully saturated rings. The lowest BCUT2D eigenvalue weighted by atomic mass is 9.73. The number of nitrogens with one attached hydrogen (secondary N) is 1. The lowest BCUT2D eigenvalue weighted by molar-refractivity contribution is -0.119. The number of rotatable bonds is 2. The highest BCUT2D eigenvalue weighted by Crippen LogP contribution is 2.48. The second-order valence-electron chi connectivity index (χ2n) is 8.55. The highest BCUT2D eigenvalue weighted by atomic mass is 19.1. The minimum Gasteiger partial charge on any atom is -0.357 e. The Labute approximate surface area is 170 Å². The number of ketones is 1. The maximum Gasteiger partial charge on any atom is 0.227 e. The molecule has 0 bridgehead atoms. The van der Waals surface area contributed by atoms with Crippen molar-refractivity contribution in [2.75, 3.05) is 10.2 Å². The molecule has 2 aromatic rings. The predicted octanol–water partition coefficient (Wildman–Crippen LogP) is 5.38. The summed E-state index contributed by atoms with van der Waals surface area (Å²) in [5, 5.41) is 3.44. The molecule has 1 N–H and O–H groups in total. The van der Waals surface area contributed by atoms with Gasteiger partial charge in [-0.15, -0.1) is 0 Å². The minimum absolute atomic E-state index is 0.000259. The molecule has 0 saturated carbocycles. The molecular formula is C24H25FN2O2. The van der Waals surface area contributed by atoms with E-state index in [0.29, 0.717) is 29.7 Å². The van der Waals surface area contributed by atoms with E-state index < -0.39 is 6.04 Å². The van der Waals surface area contributed by atoms with Crippen molar-refractivity contribution in [3.63, 3.8) is 0 Å². The number of allylic oxidation sites excluding steroid dienone is 1. The second kappa shape index (κ2) is 7.14. The Bertz CT molecular complexity index is 1030. The largest absolute Gasteiger partial charge is 0.357 e. The van der Waals surface area contributed by atoms with Gasteiger partial charge in [-0.2, -0.15) is 0 Å². The van der Waals surface area contributed by atoms with Crippen molar-refractivity contribution in [1.29, 1.82) is 0 Å². The van der Waals surface area contributed by atoms with Crippen LogP contribution in [0, 0.1) is 11.2 Å². The van der Waals surface area contributed by atoms with E-state index in [4.69, 9.17) is 0 Å². The molecule has 5 heteroatoms. The van der Waals surface area contributed by atoms with Gasteiger partial charge >= 0.3 is 0 Å². The summed E-state index contributed by atoms with van der Waals surface area (Å²) in [5.74, 6) is -0.498. The van der Waals surface area contributed by atoms with E-state index in [1.165, 1.54) is 12.1 Å². The molecule has 0 unspecified atom stereocenters. The molecule has 1 amide bonds. The summed E-state index contributed by atoms with van der Waals surface area (Å²) in [7, 11) is 0. The molecule has 1 aliphatic carbocycles. The average molecular weight is 392 g/mol. The number of carbonyl (C=O) groups excluding carboxylic acids is 2. The van der Waals surface area contributed by atoms with E-state index in [9.17, 15) is 14.0 Å². The summed E-state index contributed by atoms with van der Waals surface area (Å²) in [6.45, 7) is 5.94. The summed E-state index contributed by atoms with van der Waals surface area (Å²) in [6.07, 6.45) is 1.36. The summed E-state index contributed by atoms with van der Waals surface area (Å²) in [4.78, 5) is 28.1. The average Bonchev–Trinajstić information content (AvgIpc) is 2.80. The number of para-hydroxylation sites is 2. The van der Waals surface area contributed by atoms with Crippen LogP contribution in [0.4, 0.5) is 15.8 Å². The number of benzene rings is 2. The van der Waals surface area contributed by atoms with E-state index in [0.717, 1.165) is 11.4 Å². The van der Waals surface area contributed by atoms with Gasteiger partial charge in [-0.1, -0.05) is 45.0 Å². The molecule has 0 spiro atoms. The van der Waals surface area contributed by atoms with Crippen molar-refractivity contribution in [3.05, 3.63) is 71.2 Å². The molecule has 1 aliphatic heterocycles. The number of Topliss-reactive ketones (excluding diaryl/α,β-unsaturated/α-hetero) is 1. The Morgan fingerprint density at radius 3 is 2.66 bits per heavy atom. The lowest BCUT2D eigenvalue weighted by Crippen LogP contribution is -2.39. The van der Waals surface area contributed by atoms with Crippen LogP contribution in [0.3, 0.4) is 0 Å². The molecule has 1 atom stereocenters. The topological polar surface area (TPSA) is 49.4 Å². The molecule has 4 nitrogen and oxygen atoms in total. The van der Waals surface area contributed by atoms with Crippen LogP contribution in [0.2, 0.25) is 0 Å². The zero-order valence-corrected chi connectivity index (χ0v) is 17.0. The predicted molar refractivity (Wildman–Crippen MR) is 112 cm³/mol. The fourth-order valence-electron chi connectivity index (χ4n) is 4.42. The number of amides is 1. The quantitative estimate of drug-likeness (QED) is 0.747. The number of halogens is 1. The molecular weight excluding hydrogens is 367 g/mol. The first kappa shape index (κ1) is 19.4. The van der Waals surface area contributed by atoms with Gasteiger partial charge in [-0.05, 0) is 41.7 Å². The smallest absolute Gasteiger partial charge is 0.227 e. The molecule has 0 saturated heterocycles. The first-order valence-electron chi connectivity index (χ1n) is 10.0. The Morgan fingerprint density at radius 1 is 1.17 bits per heavy atom. The molecule has 2 aliphatic rings. The fraction of sp³-hybridized carbons (Fsp3) is 0.333. The standard InChI is InChI=1S/C24H25FN2O2/c1-4-21(29)27-19-11-6-5-10-17(19)26-18-13-24(2,3)14-20(28)22(18)23(27)15-8-7-9-16(25)12-15/h5-12,23,26H,4,13-14H2,1-3H3/t23-/m0/s1. The normalized spacial score (nSPS) is 20.5. The van der Waals surface area contributed by atoms with Gasteiger partial charge in [0.1, 0.15) is 5.82 Å². The van der Waals surface area contributed by atoms with E-state index in [2.05, 4.69) is 19.2 Å². The van der Waals surface area contributed by atoms with E-state index >= 15 is 0 Å². The van der Waals surface area contributed by atoms with Gasteiger partial charge in [0.2, 0.25) is 5.91 Å². The summed E-state index contributed by atoms with van der Waals surface area (Å²) in [6, 6.07) is 13.1. The Morgan fingerprint density at radius 2 is 1.93 bits per heavy atom. The third-order valence-corrected chi connectivity index (χ3v) is 5.64. The zero-order valence-electron chi connectivity index (χ0n) is 17.0. The van der Waals surface area contributed by atoms with E-state index in [-0.39, 0.29) is 29.3 Å². The van der Waals surface area contributed by atoms with Crippen molar-refractivity contribution in [3.8, 4) is 0 Å². The lowest BCUT2D eigenvalue weighted by Gasteiger charge is -2.37. The van der Waals surface area contributed by atoms with Crippen LogP contribution in [-0.4, -0.2) is 11.7 Å². The van der Waals surface area contributed by atoms with Crippen molar-refractivity contribution >= 4 is 23.1 Å². The molecule has 0 aromatic heterocycles. The van der Waals surface area contributed by atoms with Crippen LogP contribution in [0.25, 0.3) is 0 Å². The van der Waals surface area contributed by atoms with E-state index in [1.807, 2.05) is 24.3 Å². The minimum atomic E-state index is -0.659. The van der Waals surface area contributed by atoms with Crippen molar-refractivity contribution in [2.45, 2.75) is 46.1 Å². The number of nitrogens with zero attached hydrogens (tertiary/aromatic N) is 1. The molecule has 4 rings (SSSR count). The third kappa shape index (κ3) is 3.46. The molecule has 2 aromatic carbocycles. The number of hydrogen-bond donors (Lipinski definition) is 1. The first-order valence-corrected chi connectivity index (χ1v) is 10.0. The highest BCUT2D eigenvalue weighted by molar-refractivity contribution is 6.06. The summed E-state index contributed by atoms with van der Waals surface area (Å²) in [5.41, 5.74) is 3.28. The maximum atomic E-state index is 14.2. The van der Waals surface area contributed by atoms with Crippen LogP contribution < -0.4 is 10.2 Å². The van der Waals surface area contributed by atoms with Crippen LogP contribution in [0.5, 0.6) is 0 Å². The van der Waals surface area contributed by atoms with Gasteiger partial charge < -0.3 is 5.32 Å². The maximum absolute atomic E-state index is 14.2. The van der Waals surface area contributed by atoms with Gasteiger partial charge in [-0.3, -0.25) is 14.5 Å². The van der Waals surface area contributed by atoms with E-state index in [1.54, 1.807) is 24.0 Å². The van der Waals surface area contributed by atoms with Gasteiger partial charge in [0.05, 0.1) is 17.4 Å². The molecule has 150 valence electrons. The molecule has 1 heterocycles. The third-order valence-electron chi connectivity index (χ3n) is 5.64. The van der Waals surface area contributed by atoms with Crippen molar-refractivity contribution < 1.29 is 14.0 Å². The Balaban J connectivity index is 2.02. The monoisotopic (exact) mass is 392 g/mol. The fourth-order valence-corrected chi connectivity index (χ4v) is 4.42. The Hall–Kier alpha value is -2.95. The molecule has 29 heavy (non-hydrogen) atoms. The number of carbonyl (C=O) groups is 2. The van der Waals surface area contributed by atoms with Gasteiger partial charge in [-0.25, -0.2) is 4.39 Å². The highest BCUT2D eigenvalue weighted by Gasteiger charge is 2.42. The van der Waals surface area contributed by atoms with Crippen molar-refractivity contribution in [1.82, 2.24) is 0 Å². The van der Waals surface area contributed by atoms with Crippen LogP contribution in [-0.2, 0) is 9.59 Å². The van der Waals surface area contributed by atoms with Crippen LogP contribution >= 0.6 is 0 Å². The van der Waals surface area contributed by atoms with Crippen LogP contribution in [0.1, 0.15) is 51.6 Å². The van der Waals surface area contributed by atoms with Gasteiger partial charge in [0, 0.05) is 24.1 Å². The van der Waals surface area contributed by atoms with Gasteiger partial charge in [0.25, 0.3) is 0 Å². The number of fused-ring (bicyclic) bond motifs is 1. The SMILES string of the molecule is CCC(=O)N1c2ccccc2NC2=C(C(=O)CC(C)(C)C2)[C@@H]1c1cccc(F)c1. The summed E-state index contributed by atoms with van der Waals surface area (Å²) < 4.78 is 14.2. The van der Waals surface area contributed by atoms with Crippen LogP contribution in [0.15, 0.2) is 59.8 Å². The first-order chi connectivity index (χ1) is 13.8. The van der Waals surface area contributed by atoms with Crippen molar-refractivity contribution in [2.24, 2.45) is 5.41 Å². The number of anilines is 2. The van der Waals surface area contributed by atoms with Gasteiger partial charge in [0.15, 0.2) is 5.78 Å². The Kier molecular flexibility index (Phi) is 4.77. The zero-order chi connectivity index (χ0) is 20.8. The number of hydrogen-bond acceptors (Lipinski definition) is 3. The second-order valence-corrected chi connectivity index (χ2v) is 8.55.